The van der Waals surface area contributed by atoms with Crippen LogP contribution in [-0.4, -0.2) is 29.4 Å². The summed E-state index contributed by atoms with van der Waals surface area (Å²) in [6.45, 7) is -3.80. The first-order valence-corrected chi connectivity index (χ1v) is 9.90. The minimum Gasteiger partial charge on any atom is -0.507 e. The molecular weight excluding hydrogens is 491 g/mol. The number of carbonyl (C=O) groups is 1. The van der Waals surface area contributed by atoms with Gasteiger partial charge in [0.25, 0.3) is 0 Å². The minimum atomic E-state index is -3.18. The molecule has 0 amide bonds. The van der Waals surface area contributed by atoms with Crippen LogP contribution in [0.4, 0.5) is 17.6 Å². The van der Waals surface area contributed by atoms with E-state index in [-0.39, 0.29) is 33.3 Å². The smallest absolute Gasteiger partial charge is 0.387 e. The summed E-state index contributed by atoms with van der Waals surface area (Å²) < 4.78 is 64.0. The summed E-state index contributed by atoms with van der Waals surface area (Å²) >= 11 is 12.4. The molecule has 3 aromatic carbocycles. The lowest BCUT2D eigenvalue weighted by Gasteiger charge is -2.15. The van der Waals surface area contributed by atoms with Gasteiger partial charge in [-0.25, -0.2) is 13.6 Å². The lowest BCUT2D eigenvalue weighted by Crippen LogP contribution is -2.09. The first-order valence-electron chi connectivity index (χ1n) is 9.14. The topological polar surface area (TPSA) is 76.0 Å². The molecule has 0 unspecified atom stereocenters. The third-order valence-electron chi connectivity index (χ3n) is 4.48. The fraction of sp³-hybridized carbons (Fsp3) is 0.136. The predicted octanol–water partition coefficient (Wildman–Crippen LogP) is 6.30. The monoisotopic (exact) mass is 504 g/mol. The Labute approximate surface area is 194 Å². The van der Waals surface area contributed by atoms with Crippen molar-refractivity contribution in [1.29, 1.82) is 0 Å². The van der Waals surface area contributed by atoms with Crippen LogP contribution in [0, 0.1) is 11.6 Å². The van der Waals surface area contributed by atoms with Gasteiger partial charge in [-0.3, -0.25) is 0 Å². The molecule has 0 heterocycles. The average molecular weight is 505 g/mol. The molecule has 0 spiro atoms. The van der Waals surface area contributed by atoms with Crippen LogP contribution in [0.5, 0.6) is 17.2 Å². The SMILES string of the molecule is O=C(O)COc1cc(Cl)c(Cc2ccc(O)c(-c3cc(OC(F)F)ccc3F)c2F)c(Cl)c1. The first-order chi connectivity index (χ1) is 15.6. The summed E-state index contributed by atoms with van der Waals surface area (Å²) in [5.74, 6) is -4.17. The predicted molar refractivity (Wildman–Crippen MR) is 112 cm³/mol. The second-order valence-electron chi connectivity index (χ2n) is 6.68. The third kappa shape index (κ3) is 5.80. The number of alkyl halides is 2. The van der Waals surface area contributed by atoms with Crippen molar-refractivity contribution in [2.45, 2.75) is 13.0 Å². The second-order valence-corrected chi connectivity index (χ2v) is 7.49. The largest absolute Gasteiger partial charge is 0.507 e. The van der Waals surface area contributed by atoms with E-state index in [4.69, 9.17) is 33.0 Å². The van der Waals surface area contributed by atoms with Crippen LogP contribution in [0.2, 0.25) is 10.0 Å². The zero-order chi connectivity index (χ0) is 24.3. The average Bonchev–Trinajstić information content (AvgIpc) is 2.72. The van der Waals surface area contributed by atoms with Gasteiger partial charge in [-0.15, -0.1) is 0 Å². The molecular formula is C22H14Cl2F4O5. The van der Waals surface area contributed by atoms with Crippen LogP contribution in [-0.2, 0) is 11.2 Å². The van der Waals surface area contributed by atoms with E-state index < -0.39 is 53.4 Å². The van der Waals surface area contributed by atoms with Crippen molar-refractivity contribution in [3.63, 3.8) is 0 Å². The van der Waals surface area contributed by atoms with E-state index in [9.17, 15) is 23.1 Å². The van der Waals surface area contributed by atoms with Crippen LogP contribution < -0.4 is 9.47 Å². The fourth-order valence-electron chi connectivity index (χ4n) is 3.04. The number of benzene rings is 3. The van der Waals surface area contributed by atoms with Gasteiger partial charge in [-0.05, 0) is 47.5 Å². The van der Waals surface area contributed by atoms with Crippen molar-refractivity contribution in [3.05, 3.63) is 75.3 Å². The number of carboxylic acids is 1. The Bertz CT molecular complexity index is 1180. The van der Waals surface area contributed by atoms with E-state index >= 15 is 4.39 Å². The summed E-state index contributed by atoms with van der Waals surface area (Å²) in [6, 6.07) is 7.54. The van der Waals surface area contributed by atoms with Crippen LogP contribution >= 0.6 is 23.2 Å². The molecule has 0 aliphatic carbocycles. The molecule has 3 rings (SSSR count). The highest BCUT2D eigenvalue weighted by atomic mass is 35.5. The molecule has 3 aromatic rings. The molecule has 2 N–H and O–H groups in total. The van der Waals surface area contributed by atoms with Crippen molar-refractivity contribution >= 4 is 29.2 Å². The minimum absolute atomic E-state index is 0.0367. The van der Waals surface area contributed by atoms with E-state index in [2.05, 4.69) is 4.74 Å². The molecule has 0 aliphatic rings. The van der Waals surface area contributed by atoms with Crippen LogP contribution in [0.15, 0.2) is 42.5 Å². The van der Waals surface area contributed by atoms with Gasteiger partial charge in [-0.1, -0.05) is 29.3 Å². The molecule has 0 fully saturated rings. The van der Waals surface area contributed by atoms with Crippen LogP contribution in [0.1, 0.15) is 11.1 Å². The highest BCUT2D eigenvalue weighted by Crippen LogP contribution is 2.39. The Hall–Kier alpha value is -3.17. The molecule has 0 aromatic heterocycles. The molecule has 0 saturated carbocycles. The van der Waals surface area contributed by atoms with Gasteiger partial charge in [0.05, 0.1) is 5.56 Å². The van der Waals surface area contributed by atoms with E-state index in [0.29, 0.717) is 0 Å². The Kier molecular flexibility index (Phi) is 7.55. The second kappa shape index (κ2) is 10.2. The molecule has 11 heteroatoms. The maximum absolute atomic E-state index is 15.3. The lowest BCUT2D eigenvalue weighted by molar-refractivity contribution is -0.139. The Balaban J connectivity index is 2.00. The van der Waals surface area contributed by atoms with Gasteiger partial charge in [0.15, 0.2) is 6.61 Å². The number of halogens is 6. The van der Waals surface area contributed by atoms with E-state index in [0.717, 1.165) is 24.3 Å². The third-order valence-corrected chi connectivity index (χ3v) is 5.15. The maximum Gasteiger partial charge on any atom is 0.387 e. The molecule has 0 aliphatic heterocycles. The van der Waals surface area contributed by atoms with E-state index in [1.807, 2.05) is 0 Å². The number of phenolic OH excluding ortho intramolecular Hbond substituents is 1. The maximum atomic E-state index is 15.3. The summed E-state index contributed by atoms with van der Waals surface area (Å²) in [6.07, 6.45) is -0.190. The standard InChI is InChI=1S/C22H14Cl2F4O5/c23-15-7-12(32-9-19(30)31)8-16(24)13(15)5-10-1-4-18(29)20(21(10)26)14-6-11(33-22(27)28)2-3-17(14)25/h1-4,6-8,22,29H,5,9H2,(H,30,31). The number of rotatable bonds is 8. The Morgan fingerprint density at radius 2 is 1.67 bits per heavy atom. The van der Waals surface area contributed by atoms with Crippen LogP contribution in [0.25, 0.3) is 11.1 Å². The fourth-order valence-corrected chi connectivity index (χ4v) is 3.64. The highest BCUT2D eigenvalue weighted by molar-refractivity contribution is 6.36. The van der Waals surface area contributed by atoms with Gasteiger partial charge < -0.3 is 19.7 Å². The zero-order valence-electron chi connectivity index (χ0n) is 16.4. The number of aliphatic carboxylic acids is 1. The van der Waals surface area contributed by atoms with Crippen LogP contribution in [0.3, 0.4) is 0 Å². The number of hydrogen-bond donors (Lipinski definition) is 2. The van der Waals surface area contributed by atoms with E-state index in [1.54, 1.807) is 0 Å². The van der Waals surface area contributed by atoms with Gasteiger partial charge >= 0.3 is 12.6 Å². The van der Waals surface area contributed by atoms with Crippen molar-refractivity contribution in [1.82, 2.24) is 0 Å². The van der Waals surface area contributed by atoms with Gasteiger partial charge in [0.2, 0.25) is 0 Å². The number of hydrogen-bond acceptors (Lipinski definition) is 4. The molecule has 0 bridgehead atoms. The summed E-state index contributed by atoms with van der Waals surface area (Å²) in [4.78, 5) is 10.6. The summed E-state index contributed by atoms with van der Waals surface area (Å²) in [7, 11) is 0. The number of aromatic hydroxyl groups is 1. The Morgan fingerprint density at radius 3 is 2.27 bits per heavy atom. The molecule has 0 saturated heterocycles. The molecule has 5 nitrogen and oxygen atoms in total. The summed E-state index contributed by atoms with van der Waals surface area (Å²) in [5, 5.41) is 19.0. The molecule has 33 heavy (non-hydrogen) atoms. The van der Waals surface area contributed by atoms with Crippen molar-refractivity contribution in [2.75, 3.05) is 6.61 Å². The lowest BCUT2D eigenvalue weighted by atomic mass is 9.96. The van der Waals surface area contributed by atoms with Gasteiger partial charge in [0, 0.05) is 22.0 Å². The van der Waals surface area contributed by atoms with Gasteiger partial charge in [0.1, 0.15) is 28.9 Å². The zero-order valence-corrected chi connectivity index (χ0v) is 17.9. The van der Waals surface area contributed by atoms with E-state index in [1.165, 1.54) is 18.2 Å². The number of ether oxygens (including phenoxy) is 2. The molecule has 0 atom stereocenters. The first kappa shape index (κ1) is 24.5. The normalized spacial score (nSPS) is 11.0. The van der Waals surface area contributed by atoms with Crippen molar-refractivity contribution in [3.8, 4) is 28.4 Å². The van der Waals surface area contributed by atoms with Gasteiger partial charge in [-0.2, -0.15) is 8.78 Å². The quantitative estimate of drug-likeness (QED) is 0.352. The highest BCUT2D eigenvalue weighted by Gasteiger charge is 2.21. The van der Waals surface area contributed by atoms with Crippen molar-refractivity contribution in [2.24, 2.45) is 0 Å². The van der Waals surface area contributed by atoms with Crippen molar-refractivity contribution < 1.29 is 42.0 Å². The molecule has 174 valence electrons. The molecule has 0 radical (unpaired) electrons. The number of phenols is 1. The summed E-state index contributed by atoms with van der Waals surface area (Å²) in [5.41, 5.74) is -0.824. The number of carboxylic acid groups (broad SMARTS) is 1. The Morgan fingerprint density at radius 1 is 1.00 bits per heavy atom.